The minimum absolute atomic E-state index is 0.0131. The van der Waals surface area contributed by atoms with E-state index in [2.05, 4.69) is 20.6 Å². The average Bonchev–Trinajstić information content (AvgIpc) is 4.01. The maximum absolute atomic E-state index is 16.1. The van der Waals surface area contributed by atoms with Crippen LogP contribution in [0.4, 0.5) is 13.2 Å². The first-order valence-electron chi connectivity index (χ1n) is 24.4. The number of carbonyl (C=O) groups is 3. The van der Waals surface area contributed by atoms with Crippen molar-refractivity contribution in [2.24, 2.45) is 5.41 Å². The number of likely N-dealkylation sites (tertiary alicyclic amines) is 1. The van der Waals surface area contributed by atoms with Crippen LogP contribution in [0.15, 0.2) is 66.2 Å². The highest BCUT2D eigenvalue weighted by Crippen LogP contribution is 2.44. The number of hydrogen-bond acceptors (Lipinski definition) is 9. The molecule has 2 aliphatic rings. The van der Waals surface area contributed by atoms with Gasteiger partial charge in [0, 0.05) is 73.0 Å². The van der Waals surface area contributed by atoms with E-state index >= 15 is 13.2 Å². The van der Waals surface area contributed by atoms with Crippen molar-refractivity contribution in [3.8, 4) is 16.2 Å². The number of hydrogen-bond donors (Lipinski definition) is 4. The Labute approximate surface area is 413 Å². The summed E-state index contributed by atoms with van der Waals surface area (Å²) in [6.07, 6.45) is 2.47. The number of carbonyl (C=O) groups excluding carboxylic acids is 3. The van der Waals surface area contributed by atoms with Crippen molar-refractivity contribution in [2.45, 2.75) is 149 Å². The van der Waals surface area contributed by atoms with Crippen LogP contribution in [-0.2, 0) is 32.1 Å². The minimum atomic E-state index is -1.60. The number of aliphatic hydroxyl groups is 1. The van der Waals surface area contributed by atoms with E-state index in [0.29, 0.717) is 25.0 Å². The minimum Gasteiger partial charge on any atom is -0.493 e. The highest BCUT2D eigenvalue weighted by atomic mass is 32.1. The predicted molar refractivity (Wildman–Crippen MR) is 267 cm³/mol. The lowest BCUT2D eigenvalue weighted by Crippen LogP contribution is -2.60. The van der Waals surface area contributed by atoms with E-state index in [9.17, 15) is 19.5 Å². The third-order valence-corrected chi connectivity index (χ3v) is 14.4. The number of nitrogens with zero attached hydrogens (tertiary/aromatic N) is 3. The number of fused-ring (bicyclic) bond motifs is 3. The van der Waals surface area contributed by atoms with Gasteiger partial charge in [-0.05, 0) is 95.4 Å². The van der Waals surface area contributed by atoms with Crippen LogP contribution in [0.3, 0.4) is 0 Å². The van der Waals surface area contributed by atoms with Crippen molar-refractivity contribution in [1.82, 2.24) is 30.4 Å². The average molecular weight is 987 g/mol. The second-order valence-electron chi connectivity index (χ2n) is 21.2. The zero-order valence-electron chi connectivity index (χ0n) is 41.9. The Balaban J connectivity index is 0.875. The molecule has 2 aliphatic heterocycles. The van der Waals surface area contributed by atoms with Crippen LogP contribution in [0.2, 0.25) is 0 Å². The molecule has 70 heavy (non-hydrogen) atoms. The zero-order chi connectivity index (χ0) is 50.7. The van der Waals surface area contributed by atoms with Crippen molar-refractivity contribution < 1.29 is 42.1 Å². The second kappa shape index (κ2) is 21.6. The topological polar surface area (TPSA) is 149 Å². The van der Waals surface area contributed by atoms with Crippen molar-refractivity contribution in [1.29, 1.82) is 0 Å². The normalized spacial score (nSPS) is 19.3. The summed E-state index contributed by atoms with van der Waals surface area (Å²) in [4.78, 5) is 53.5. The largest absolute Gasteiger partial charge is 0.493 e. The third kappa shape index (κ3) is 12.2. The summed E-state index contributed by atoms with van der Waals surface area (Å²) < 4.78 is 59.3. The van der Waals surface area contributed by atoms with E-state index in [1.54, 1.807) is 30.7 Å². The number of alkyl halides is 1. The number of ether oxygens (including phenoxy) is 2. The van der Waals surface area contributed by atoms with Gasteiger partial charge in [0.05, 0.1) is 34.8 Å². The number of halogens is 3. The molecule has 4 N–H and O–H groups in total. The van der Waals surface area contributed by atoms with Gasteiger partial charge in [-0.1, -0.05) is 69.7 Å². The van der Waals surface area contributed by atoms with Gasteiger partial charge in [-0.3, -0.25) is 19.3 Å². The molecular formula is C54H69F3N6O6S. The Bertz CT molecular complexity index is 2620. The monoisotopic (exact) mass is 986 g/mol. The molecule has 0 saturated carbocycles. The van der Waals surface area contributed by atoms with E-state index < -0.39 is 64.4 Å². The molecule has 1 unspecified atom stereocenters. The van der Waals surface area contributed by atoms with E-state index in [0.717, 1.165) is 51.0 Å². The number of aromatic amines is 1. The number of aliphatic hydroxyl groups excluding tert-OH is 1. The summed E-state index contributed by atoms with van der Waals surface area (Å²) in [6.45, 7) is 16.3. The number of H-pyrrole nitrogens is 1. The molecular weight excluding hydrogens is 918 g/mol. The lowest BCUT2D eigenvalue weighted by Gasteiger charge is -2.43. The fraction of sp³-hybridized carbons (Fsp3) is 0.519. The first-order valence-corrected chi connectivity index (χ1v) is 25.3. The first-order chi connectivity index (χ1) is 33.0. The maximum Gasteiger partial charge on any atom is 0.252 e. The standard InChI is InChI=1S/C54H69F3N6O6S/c1-32-24-39-38-16-12-13-17-42(38)60-45(39)46(63(32)30-53(6,7)57)44-40(55)26-37(27-41(44)56)68-22-14-10-11-15-23-69-54(8,9)51(67)61-48(52(3,4)5)50(66)62-29-36(64)25-43(62)49(65)58-28-34-18-20-35(21-19-34)47-33(2)59-31-70-47/h12-13,16-21,26-27,31-32,36,43,46,48,60,64H,10-11,14-15,22-25,28-30H2,1-9H3,(H,58,65)(H,61,67)/t32-,36-,43+,46-,48?/m1/s1. The number of benzene rings is 3. The van der Waals surface area contributed by atoms with E-state index in [1.165, 1.54) is 30.9 Å². The van der Waals surface area contributed by atoms with E-state index in [1.807, 2.05) is 88.0 Å². The molecule has 0 spiro atoms. The number of amides is 3. The van der Waals surface area contributed by atoms with Crippen LogP contribution < -0.4 is 15.4 Å². The van der Waals surface area contributed by atoms with Crippen LogP contribution in [0.1, 0.15) is 122 Å². The van der Waals surface area contributed by atoms with Crippen LogP contribution in [-0.4, -0.2) is 104 Å². The van der Waals surface area contributed by atoms with Gasteiger partial charge in [0.25, 0.3) is 5.91 Å². The fourth-order valence-corrected chi connectivity index (χ4v) is 10.4. The molecule has 378 valence electrons. The molecule has 5 atom stereocenters. The molecule has 1 fully saturated rings. The van der Waals surface area contributed by atoms with E-state index in [4.69, 9.17) is 9.47 Å². The molecule has 1 saturated heterocycles. The van der Waals surface area contributed by atoms with Crippen LogP contribution >= 0.6 is 11.3 Å². The smallest absolute Gasteiger partial charge is 0.252 e. The molecule has 4 heterocycles. The zero-order valence-corrected chi connectivity index (χ0v) is 42.7. The molecule has 0 bridgehead atoms. The van der Waals surface area contributed by atoms with Crippen molar-refractivity contribution >= 4 is 40.0 Å². The lowest BCUT2D eigenvalue weighted by atomic mass is 9.85. The molecule has 0 aliphatic carbocycles. The number of para-hydroxylation sites is 1. The first kappa shape index (κ1) is 52.5. The Morgan fingerprint density at radius 1 is 0.957 bits per heavy atom. The SMILES string of the molecule is Cc1ncsc1-c1ccc(CNC(=O)[C@@H]2C[C@@H](O)CN2C(=O)C(NC(=O)C(C)(C)OCCCCCCOc2cc(F)c([C@@H]3c4[nH]c5ccccc5c4C[C@@H](C)N3CC(C)(C)F)c(F)c2)C(C)(C)C)cc1. The maximum atomic E-state index is 16.1. The van der Waals surface area contributed by atoms with Crippen molar-refractivity contribution in [3.05, 3.63) is 106 Å². The van der Waals surface area contributed by atoms with Crippen molar-refractivity contribution in [3.63, 3.8) is 0 Å². The third-order valence-electron chi connectivity index (χ3n) is 13.4. The quantitative estimate of drug-likeness (QED) is 0.0599. The van der Waals surface area contributed by atoms with Crippen LogP contribution in [0.5, 0.6) is 5.75 Å². The van der Waals surface area contributed by atoms with E-state index in [-0.39, 0.29) is 62.5 Å². The summed E-state index contributed by atoms with van der Waals surface area (Å²) in [5, 5.41) is 17.5. The van der Waals surface area contributed by atoms with Gasteiger partial charge in [-0.15, -0.1) is 11.3 Å². The molecule has 5 aromatic rings. The number of aromatic nitrogens is 2. The highest BCUT2D eigenvalue weighted by Gasteiger charge is 2.46. The molecule has 2 aromatic heterocycles. The number of β-amino-alcohol motifs (C(OH)–C–C–N with tert-alkyl or cyclic N) is 1. The summed E-state index contributed by atoms with van der Waals surface area (Å²) in [5.74, 6) is -2.80. The van der Waals surface area contributed by atoms with Gasteiger partial charge in [-0.25, -0.2) is 18.2 Å². The summed E-state index contributed by atoms with van der Waals surface area (Å²) >= 11 is 1.56. The van der Waals surface area contributed by atoms with Crippen LogP contribution in [0.25, 0.3) is 21.3 Å². The van der Waals surface area contributed by atoms with Gasteiger partial charge in [0.1, 0.15) is 40.7 Å². The Morgan fingerprint density at radius 2 is 1.63 bits per heavy atom. The molecule has 3 aromatic carbocycles. The van der Waals surface area contributed by atoms with Crippen molar-refractivity contribution in [2.75, 3.05) is 26.3 Å². The molecule has 3 amide bonds. The van der Waals surface area contributed by atoms with Gasteiger partial charge >= 0.3 is 0 Å². The molecule has 0 radical (unpaired) electrons. The van der Waals surface area contributed by atoms with Gasteiger partial charge in [0.15, 0.2) is 0 Å². The number of aryl methyl sites for hydroxylation is 1. The fourth-order valence-electron chi connectivity index (χ4n) is 9.63. The van der Waals surface area contributed by atoms with Gasteiger partial charge in [-0.2, -0.15) is 0 Å². The summed E-state index contributed by atoms with van der Waals surface area (Å²) in [7, 11) is 0. The van der Waals surface area contributed by atoms with Crippen LogP contribution in [0, 0.1) is 24.0 Å². The Hall–Kier alpha value is -5.29. The Kier molecular flexibility index (Phi) is 16.2. The number of rotatable bonds is 19. The lowest BCUT2D eigenvalue weighted by molar-refractivity contribution is -0.150. The van der Waals surface area contributed by atoms with Gasteiger partial charge in [0.2, 0.25) is 11.8 Å². The highest BCUT2D eigenvalue weighted by molar-refractivity contribution is 7.13. The summed E-state index contributed by atoms with van der Waals surface area (Å²) in [5.41, 5.74) is 3.39. The number of nitrogens with one attached hydrogen (secondary N) is 3. The number of unbranched alkanes of at least 4 members (excludes halogenated alkanes) is 3. The summed E-state index contributed by atoms with van der Waals surface area (Å²) in [6, 6.07) is 15.0. The Morgan fingerprint density at radius 3 is 2.27 bits per heavy atom. The molecule has 12 nitrogen and oxygen atoms in total. The van der Waals surface area contributed by atoms with Gasteiger partial charge < -0.3 is 35.1 Å². The molecule has 16 heteroatoms. The predicted octanol–water partition coefficient (Wildman–Crippen LogP) is 9.51. The molecule has 7 rings (SSSR count). The second-order valence-corrected chi connectivity index (χ2v) is 22.0. The number of thiazole rings is 1.